The van der Waals surface area contributed by atoms with Crippen LogP contribution >= 0.6 is 11.3 Å². The van der Waals surface area contributed by atoms with Gasteiger partial charge in [-0.1, -0.05) is 45.4 Å². The lowest BCUT2D eigenvalue weighted by molar-refractivity contribution is -0.144. The Bertz CT molecular complexity index is 1150. The second kappa shape index (κ2) is 12.2. The first-order valence-corrected chi connectivity index (χ1v) is 14.2. The number of nitrogens with one attached hydrogen (secondary N) is 1. The lowest BCUT2D eigenvalue weighted by Crippen LogP contribution is -2.53. The summed E-state index contributed by atoms with van der Waals surface area (Å²) in [6.07, 6.45) is 1.76. The van der Waals surface area contributed by atoms with E-state index in [1.54, 1.807) is 33.3 Å². The average Bonchev–Trinajstić information content (AvgIpc) is 3.65. The highest BCUT2D eigenvalue weighted by Gasteiger charge is 2.52. The molecule has 204 valence electrons. The van der Waals surface area contributed by atoms with E-state index in [1.807, 2.05) is 50.4 Å². The number of rotatable bonds is 10. The maximum atomic E-state index is 13.7. The van der Waals surface area contributed by atoms with Crippen molar-refractivity contribution in [3.63, 3.8) is 0 Å². The Kier molecular flexibility index (Phi) is 8.99. The predicted molar refractivity (Wildman–Crippen MR) is 147 cm³/mol. The topological polar surface area (TPSA) is 96.0 Å². The fourth-order valence-corrected chi connectivity index (χ4v) is 6.24. The van der Waals surface area contributed by atoms with E-state index in [-0.39, 0.29) is 42.0 Å². The molecule has 0 saturated carbocycles. The van der Waals surface area contributed by atoms with Gasteiger partial charge in [-0.3, -0.25) is 19.2 Å². The SMILES string of the molecule is CCCC(OC)C(=O)N1CC(=O)C2C1CCN2C(=O)C(CC(C)C)NC(=O)c1ccc(-c2cccs2)cc1. The lowest BCUT2D eigenvalue weighted by Gasteiger charge is -2.29. The van der Waals surface area contributed by atoms with Crippen molar-refractivity contribution in [2.75, 3.05) is 20.2 Å². The molecule has 8 nitrogen and oxygen atoms in total. The van der Waals surface area contributed by atoms with E-state index in [0.717, 1.165) is 16.9 Å². The molecule has 3 heterocycles. The quantitative estimate of drug-likeness (QED) is 0.496. The molecule has 1 aromatic heterocycles. The summed E-state index contributed by atoms with van der Waals surface area (Å²) in [4.78, 5) is 57.3. The monoisotopic (exact) mass is 539 g/mol. The molecule has 2 aliphatic rings. The molecule has 0 spiro atoms. The minimum atomic E-state index is -0.761. The number of likely N-dealkylation sites (tertiary alicyclic amines) is 2. The number of Topliss-reactive ketones (excluding diaryl/α,β-unsaturated/α-hetero) is 1. The second-order valence-electron chi connectivity index (χ2n) is 10.5. The number of amides is 3. The number of ether oxygens (including phenoxy) is 1. The van der Waals surface area contributed by atoms with Crippen molar-refractivity contribution < 1.29 is 23.9 Å². The maximum Gasteiger partial charge on any atom is 0.252 e. The third-order valence-electron chi connectivity index (χ3n) is 7.36. The van der Waals surface area contributed by atoms with Crippen LogP contribution in [0.3, 0.4) is 0 Å². The van der Waals surface area contributed by atoms with Crippen LogP contribution in [0, 0.1) is 5.92 Å². The number of carbonyl (C=O) groups excluding carboxylic acids is 4. The van der Waals surface area contributed by atoms with Gasteiger partial charge in [0.15, 0.2) is 5.78 Å². The Labute approximate surface area is 228 Å². The summed E-state index contributed by atoms with van der Waals surface area (Å²) in [5.41, 5.74) is 1.50. The highest BCUT2D eigenvalue weighted by Crippen LogP contribution is 2.32. The summed E-state index contributed by atoms with van der Waals surface area (Å²) < 4.78 is 5.39. The van der Waals surface area contributed by atoms with Gasteiger partial charge in [-0.25, -0.2) is 0 Å². The second-order valence-corrected chi connectivity index (χ2v) is 11.4. The van der Waals surface area contributed by atoms with Crippen LogP contribution in [0.1, 0.15) is 56.8 Å². The molecule has 9 heteroatoms. The van der Waals surface area contributed by atoms with Crippen LogP contribution in [0.25, 0.3) is 10.4 Å². The zero-order valence-electron chi connectivity index (χ0n) is 22.5. The molecule has 1 aromatic carbocycles. The van der Waals surface area contributed by atoms with Crippen LogP contribution in [-0.2, 0) is 19.1 Å². The Balaban J connectivity index is 1.47. The molecular formula is C29H37N3O5S. The van der Waals surface area contributed by atoms with E-state index < -0.39 is 18.2 Å². The lowest BCUT2D eigenvalue weighted by atomic mass is 10.0. The third-order valence-corrected chi connectivity index (χ3v) is 8.28. The van der Waals surface area contributed by atoms with Crippen LogP contribution in [0.2, 0.25) is 0 Å². The number of nitrogens with zero attached hydrogens (tertiary/aromatic N) is 2. The van der Waals surface area contributed by atoms with Gasteiger partial charge in [-0.2, -0.15) is 0 Å². The summed E-state index contributed by atoms with van der Waals surface area (Å²) in [6.45, 7) is 6.33. The van der Waals surface area contributed by atoms with Crippen molar-refractivity contribution in [1.29, 1.82) is 0 Å². The number of thiophene rings is 1. The van der Waals surface area contributed by atoms with Crippen molar-refractivity contribution in [2.45, 2.75) is 70.7 Å². The predicted octanol–water partition coefficient (Wildman–Crippen LogP) is 3.76. The smallest absolute Gasteiger partial charge is 0.252 e. The Morgan fingerprint density at radius 2 is 1.84 bits per heavy atom. The van der Waals surface area contributed by atoms with Gasteiger partial charge >= 0.3 is 0 Å². The summed E-state index contributed by atoms with van der Waals surface area (Å²) in [5, 5.41) is 4.94. The molecule has 38 heavy (non-hydrogen) atoms. The molecule has 2 aromatic rings. The molecule has 0 bridgehead atoms. The van der Waals surface area contributed by atoms with E-state index >= 15 is 0 Å². The van der Waals surface area contributed by atoms with E-state index in [4.69, 9.17) is 4.74 Å². The molecule has 0 aliphatic carbocycles. The number of benzene rings is 1. The van der Waals surface area contributed by atoms with Gasteiger partial charge in [0.05, 0.1) is 12.6 Å². The number of ketones is 1. The number of hydrogen-bond donors (Lipinski definition) is 1. The minimum absolute atomic E-state index is 0.0146. The molecule has 4 unspecified atom stereocenters. The van der Waals surface area contributed by atoms with Crippen molar-refractivity contribution in [2.24, 2.45) is 5.92 Å². The fraction of sp³-hybridized carbons (Fsp3) is 0.517. The largest absolute Gasteiger partial charge is 0.372 e. The molecular weight excluding hydrogens is 502 g/mol. The van der Waals surface area contributed by atoms with Gasteiger partial charge < -0.3 is 19.9 Å². The normalized spacial score (nSPS) is 20.5. The molecule has 4 rings (SSSR count). The van der Waals surface area contributed by atoms with Crippen LogP contribution in [0.15, 0.2) is 41.8 Å². The molecule has 3 amide bonds. The first-order valence-electron chi connectivity index (χ1n) is 13.4. The van der Waals surface area contributed by atoms with Crippen molar-refractivity contribution in [3.05, 3.63) is 47.3 Å². The molecule has 4 atom stereocenters. The van der Waals surface area contributed by atoms with Crippen LogP contribution in [0.4, 0.5) is 0 Å². The first kappa shape index (κ1) is 28.0. The highest BCUT2D eigenvalue weighted by molar-refractivity contribution is 7.13. The number of carbonyl (C=O) groups is 4. The van der Waals surface area contributed by atoms with E-state index in [1.165, 1.54) is 7.11 Å². The summed E-state index contributed by atoms with van der Waals surface area (Å²) in [5.74, 6) is -0.775. The molecule has 2 aliphatic heterocycles. The van der Waals surface area contributed by atoms with Crippen molar-refractivity contribution in [3.8, 4) is 10.4 Å². The van der Waals surface area contributed by atoms with Crippen LogP contribution in [0.5, 0.6) is 0 Å². The minimum Gasteiger partial charge on any atom is -0.372 e. The number of hydrogen-bond acceptors (Lipinski definition) is 6. The summed E-state index contributed by atoms with van der Waals surface area (Å²) >= 11 is 1.63. The standard InChI is InChI=1S/C29H37N3O5S/c1-5-7-24(37-4)29(36)32-17-23(33)26-22(32)13-14-31(26)28(35)21(16-18(2)3)30-27(34)20-11-9-19(10-12-20)25-8-6-15-38-25/h6,8-12,15,18,21-22,24,26H,5,7,13-14,16-17H2,1-4H3,(H,30,34). The molecule has 1 N–H and O–H groups in total. The Hall–Kier alpha value is -3.04. The van der Waals surface area contributed by atoms with Crippen molar-refractivity contribution >= 4 is 34.8 Å². The van der Waals surface area contributed by atoms with Gasteiger partial charge in [0.25, 0.3) is 11.8 Å². The van der Waals surface area contributed by atoms with Gasteiger partial charge in [0, 0.05) is 24.1 Å². The Morgan fingerprint density at radius 3 is 2.45 bits per heavy atom. The molecule has 0 radical (unpaired) electrons. The average molecular weight is 540 g/mol. The fourth-order valence-electron chi connectivity index (χ4n) is 5.51. The summed E-state index contributed by atoms with van der Waals surface area (Å²) in [6, 6.07) is 9.55. The highest BCUT2D eigenvalue weighted by atomic mass is 32.1. The van der Waals surface area contributed by atoms with E-state index in [0.29, 0.717) is 31.4 Å². The van der Waals surface area contributed by atoms with Gasteiger partial charge in [-0.05, 0) is 54.3 Å². The summed E-state index contributed by atoms with van der Waals surface area (Å²) in [7, 11) is 1.51. The third kappa shape index (κ3) is 5.83. The Morgan fingerprint density at radius 1 is 1.11 bits per heavy atom. The number of methoxy groups -OCH3 is 1. The van der Waals surface area contributed by atoms with Crippen molar-refractivity contribution in [1.82, 2.24) is 15.1 Å². The van der Waals surface area contributed by atoms with E-state index in [9.17, 15) is 19.2 Å². The van der Waals surface area contributed by atoms with E-state index in [2.05, 4.69) is 5.32 Å². The zero-order valence-corrected chi connectivity index (χ0v) is 23.3. The number of fused-ring (bicyclic) bond motifs is 1. The van der Waals surface area contributed by atoms with Gasteiger partial charge in [0.1, 0.15) is 18.2 Å². The molecule has 2 saturated heterocycles. The van der Waals surface area contributed by atoms with Crippen LogP contribution < -0.4 is 5.32 Å². The maximum absolute atomic E-state index is 13.7. The van der Waals surface area contributed by atoms with Crippen LogP contribution in [-0.4, -0.2) is 77.7 Å². The van der Waals surface area contributed by atoms with Gasteiger partial charge in [-0.15, -0.1) is 11.3 Å². The first-order chi connectivity index (χ1) is 18.2. The molecule has 2 fully saturated rings. The zero-order chi connectivity index (χ0) is 27.4. The van der Waals surface area contributed by atoms with Gasteiger partial charge in [0.2, 0.25) is 5.91 Å².